The first-order valence-electron chi connectivity index (χ1n) is 4.65. The lowest BCUT2D eigenvalue weighted by Gasteiger charge is -2.27. The average molecular weight is 209 g/mol. The molecule has 0 aromatic carbocycles. The van der Waals surface area contributed by atoms with Gasteiger partial charge in [-0.1, -0.05) is 0 Å². The molecule has 2 heterocycles. The minimum absolute atomic E-state index is 0.00779. The van der Waals surface area contributed by atoms with Crippen LogP contribution < -0.4 is 10.1 Å². The molecule has 0 aliphatic carbocycles. The number of hydrogen-bond donors (Lipinski definition) is 1. The smallest absolute Gasteiger partial charge is 0.288 e. The lowest BCUT2D eigenvalue weighted by Crippen LogP contribution is -2.50. The molecule has 0 saturated carbocycles. The average Bonchev–Trinajstić information content (AvgIpc) is 2.12. The largest absolute Gasteiger partial charge is 0.471 e. The van der Waals surface area contributed by atoms with E-state index < -0.39 is 4.92 Å². The van der Waals surface area contributed by atoms with Gasteiger partial charge in [-0.05, 0) is 6.92 Å². The highest BCUT2D eigenvalue weighted by atomic mass is 16.6. The molecule has 1 N–H and O–H groups in total. The van der Waals surface area contributed by atoms with Crippen LogP contribution in [0.25, 0.3) is 0 Å². The maximum absolute atomic E-state index is 10.5. The van der Waals surface area contributed by atoms with E-state index in [4.69, 9.17) is 4.74 Å². The third kappa shape index (κ3) is 2.04. The van der Waals surface area contributed by atoms with Crippen LogP contribution in [-0.4, -0.2) is 29.1 Å². The van der Waals surface area contributed by atoms with E-state index in [2.05, 4.69) is 10.3 Å². The van der Waals surface area contributed by atoms with Gasteiger partial charge in [-0.15, -0.1) is 0 Å². The minimum Gasteiger partial charge on any atom is -0.471 e. The standard InChI is InChI=1S/C9H11N3O3/c1-6-2-7(12(13)14)3-11-9(6)15-8-4-10-5-8/h2-3,8,10H,4-5H2,1H3. The lowest BCUT2D eigenvalue weighted by molar-refractivity contribution is -0.385. The molecule has 80 valence electrons. The summed E-state index contributed by atoms with van der Waals surface area (Å²) in [5.41, 5.74) is 0.683. The van der Waals surface area contributed by atoms with Crippen LogP contribution in [0.15, 0.2) is 12.3 Å². The van der Waals surface area contributed by atoms with Gasteiger partial charge in [-0.2, -0.15) is 0 Å². The zero-order chi connectivity index (χ0) is 10.8. The first-order valence-corrected chi connectivity index (χ1v) is 4.65. The molecular formula is C9H11N3O3. The Balaban J connectivity index is 2.14. The van der Waals surface area contributed by atoms with Crippen LogP contribution in [-0.2, 0) is 0 Å². The number of ether oxygens (including phenoxy) is 1. The number of pyridine rings is 1. The van der Waals surface area contributed by atoms with Gasteiger partial charge in [-0.3, -0.25) is 10.1 Å². The summed E-state index contributed by atoms with van der Waals surface area (Å²) in [7, 11) is 0. The van der Waals surface area contributed by atoms with Crippen LogP contribution >= 0.6 is 0 Å². The van der Waals surface area contributed by atoms with Gasteiger partial charge in [0, 0.05) is 24.7 Å². The van der Waals surface area contributed by atoms with E-state index in [1.807, 2.05) is 0 Å². The summed E-state index contributed by atoms with van der Waals surface area (Å²) in [6.45, 7) is 3.36. The van der Waals surface area contributed by atoms with Crippen LogP contribution in [0.4, 0.5) is 5.69 Å². The fraction of sp³-hybridized carbons (Fsp3) is 0.444. The maximum atomic E-state index is 10.5. The van der Waals surface area contributed by atoms with Crippen molar-refractivity contribution >= 4 is 5.69 Å². The van der Waals surface area contributed by atoms with Crippen molar-refractivity contribution in [3.63, 3.8) is 0 Å². The van der Waals surface area contributed by atoms with Crippen molar-refractivity contribution in [3.05, 3.63) is 27.9 Å². The monoisotopic (exact) mass is 209 g/mol. The molecule has 0 radical (unpaired) electrons. The van der Waals surface area contributed by atoms with Gasteiger partial charge in [-0.25, -0.2) is 4.98 Å². The molecule has 6 heteroatoms. The second-order valence-electron chi connectivity index (χ2n) is 3.47. The van der Waals surface area contributed by atoms with Crippen LogP contribution in [0, 0.1) is 17.0 Å². The van der Waals surface area contributed by atoms with Gasteiger partial charge >= 0.3 is 0 Å². The molecule has 1 aromatic rings. The first-order chi connectivity index (χ1) is 7.16. The van der Waals surface area contributed by atoms with Gasteiger partial charge in [0.25, 0.3) is 5.69 Å². The van der Waals surface area contributed by atoms with E-state index in [0.29, 0.717) is 11.4 Å². The van der Waals surface area contributed by atoms with Crippen LogP contribution in [0.1, 0.15) is 5.56 Å². The summed E-state index contributed by atoms with van der Waals surface area (Å²) in [6.07, 6.45) is 1.35. The van der Waals surface area contributed by atoms with E-state index in [1.165, 1.54) is 12.3 Å². The van der Waals surface area contributed by atoms with Crippen molar-refractivity contribution in [2.24, 2.45) is 0 Å². The number of nitro groups is 1. The Morgan fingerprint density at radius 2 is 2.40 bits per heavy atom. The molecule has 2 rings (SSSR count). The molecule has 1 aliphatic rings. The molecular weight excluding hydrogens is 198 g/mol. The summed E-state index contributed by atoms with van der Waals surface area (Å²) < 4.78 is 5.52. The van der Waals surface area contributed by atoms with Crippen LogP contribution in [0.5, 0.6) is 5.88 Å². The Labute approximate surface area is 86.4 Å². The summed E-state index contributed by atoms with van der Waals surface area (Å²) in [6, 6.07) is 1.47. The third-order valence-electron chi connectivity index (χ3n) is 2.25. The summed E-state index contributed by atoms with van der Waals surface area (Å²) in [5, 5.41) is 13.5. The molecule has 6 nitrogen and oxygen atoms in total. The van der Waals surface area contributed by atoms with E-state index in [1.54, 1.807) is 6.92 Å². The number of rotatable bonds is 3. The van der Waals surface area contributed by atoms with Crippen molar-refractivity contribution in [2.45, 2.75) is 13.0 Å². The van der Waals surface area contributed by atoms with Gasteiger partial charge in [0.05, 0.1) is 4.92 Å². The number of aromatic nitrogens is 1. The minimum atomic E-state index is -0.464. The fourth-order valence-corrected chi connectivity index (χ4v) is 1.27. The zero-order valence-corrected chi connectivity index (χ0v) is 8.27. The molecule has 0 atom stereocenters. The second-order valence-corrected chi connectivity index (χ2v) is 3.47. The molecule has 0 bridgehead atoms. The third-order valence-corrected chi connectivity index (χ3v) is 2.25. The van der Waals surface area contributed by atoms with Gasteiger partial charge in [0.1, 0.15) is 12.3 Å². The lowest BCUT2D eigenvalue weighted by atomic mass is 10.2. The highest BCUT2D eigenvalue weighted by molar-refractivity contribution is 5.36. The topological polar surface area (TPSA) is 77.3 Å². The molecule has 15 heavy (non-hydrogen) atoms. The Hall–Kier alpha value is -1.69. The predicted molar refractivity (Wildman–Crippen MR) is 52.9 cm³/mol. The van der Waals surface area contributed by atoms with Crippen molar-refractivity contribution in [1.29, 1.82) is 0 Å². The highest BCUT2D eigenvalue weighted by Gasteiger charge is 2.20. The van der Waals surface area contributed by atoms with Gasteiger partial charge in [0.2, 0.25) is 5.88 Å². The zero-order valence-electron chi connectivity index (χ0n) is 8.27. The Bertz CT molecular complexity index is 390. The molecule has 1 aliphatic heterocycles. The van der Waals surface area contributed by atoms with Crippen molar-refractivity contribution in [1.82, 2.24) is 10.3 Å². The second kappa shape index (κ2) is 3.82. The number of aryl methyl sites for hydroxylation is 1. The van der Waals surface area contributed by atoms with Gasteiger partial charge < -0.3 is 10.1 Å². The Kier molecular flexibility index (Phi) is 2.51. The van der Waals surface area contributed by atoms with E-state index in [9.17, 15) is 10.1 Å². The van der Waals surface area contributed by atoms with Crippen LogP contribution in [0.2, 0.25) is 0 Å². The summed E-state index contributed by atoms with van der Waals surface area (Å²) in [4.78, 5) is 13.9. The normalized spacial score (nSPS) is 15.8. The van der Waals surface area contributed by atoms with E-state index in [0.717, 1.165) is 13.1 Å². The van der Waals surface area contributed by atoms with Crippen molar-refractivity contribution in [2.75, 3.05) is 13.1 Å². The van der Waals surface area contributed by atoms with Gasteiger partial charge in [0.15, 0.2) is 0 Å². The quantitative estimate of drug-likeness (QED) is 0.584. The van der Waals surface area contributed by atoms with E-state index in [-0.39, 0.29) is 11.8 Å². The molecule has 1 fully saturated rings. The van der Waals surface area contributed by atoms with Crippen molar-refractivity contribution < 1.29 is 9.66 Å². The number of nitrogens with zero attached hydrogens (tertiary/aromatic N) is 2. The summed E-state index contributed by atoms with van der Waals surface area (Å²) in [5.74, 6) is 0.479. The molecule has 1 aromatic heterocycles. The summed E-state index contributed by atoms with van der Waals surface area (Å²) >= 11 is 0. The number of nitrogens with one attached hydrogen (secondary N) is 1. The molecule has 0 unspecified atom stereocenters. The molecule has 0 spiro atoms. The number of hydrogen-bond acceptors (Lipinski definition) is 5. The van der Waals surface area contributed by atoms with E-state index >= 15 is 0 Å². The van der Waals surface area contributed by atoms with Crippen LogP contribution in [0.3, 0.4) is 0 Å². The maximum Gasteiger partial charge on any atom is 0.288 e. The fourth-order valence-electron chi connectivity index (χ4n) is 1.27. The van der Waals surface area contributed by atoms with Crippen molar-refractivity contribution in [3.8, 4) is 5.88 Å². The molecule has 1 saturated heterocycles. The Morgan fingerprint density at radius 1 is 1.67 bits per heavy atom. The predicted octanol–water partition coefficient (Wildman–Crippen LogP) is 0.649. The highest BCUT2D eigenvalue weighted by Crippen LogP contribution is 2.21. The molecule has 0 amide bonds. The first kappa shape index (κ1) is 9.85. The Morgan fingerprint density at radius 3 is 2.87 bits per heavy atom. The SMILES string of the molecule is Cc1cc([N+](=O)[O-])cnc1OC1CNC1.